The number of hydrogen-bond acceptors (Lipinski definition) is 4. The van der Waals surface area contributed by atoms with E-state index in [9.17, 15) is 14.0 Å². The smallest absolute Gasteiger partial charge is 0.270 e. The number of aryl methyl sites for hydroxylation is 1. The fraction of sp³-hybridized carbons (Fsp3) is 0.435. The summed E-state index contributed by atoms with van der Waals surface area (Å²) in [5, 5.41) is 4.64. The van der Waals surface area contributed by atoms with Crippen LogP contribution in [0.15, 0.2) is 29.3 Å². The lowest BCUT2D eigenvalue weighted by atomic mass is 10.1. The number of rotatable bonds is 5. The summed E-state index contributed by atoms with van der Waals surface area (Å²) in [5.74, 6) is 0.245. The van der Waals surface area contributed by atoms with Gasteiger partial charge < -0.3 is 0 Å². The van der Waals surface area contributed by atoms with Crippen molar-refractivity contribution in [3.8, 4) is 0 Å². The molecule has 3 heterocycles. The lowest BCUT2D eigenvalue weighted by molar-refractivity contribution is -0.553. The van der Waals surface area contributed by atoms with Gasteiger partial charge in [-0.15, -0.1) is 9.78 Å². The number of hydrogen-bond donors (Lipinski definition) is 0. The van der Waals surface area contributed by atoms with Crippen molar-refractivity contribution in [1.82, 2.24) is 19.6 Å². The van der Waals surface area contributed by atoms with Crippen molar-refractivity contribution in [2.45, 2.75) is 53.1 Å². The number of aromatic nitrogens is 2. The van der Waals surface area contributed by atoms with Gasteiger partial charge in [-0.05, 0) is 44.9 Å². The van der Waals surface area contributed by atoms with Crippen LogP contribution in [0.5, 0.6) is 0 Å². The van der Waals surface area contributed by atoms with E-state index >= 15 is 0 Å². The van der Waals surface area contributed by atoms with Crippen LogP contribution in [0.2, 0.25) is 0 Å². The number of amidine groups is 1. The van der Waals surface area contributed by atoms with E-state index in [1.165, 1.54) is 21.9 Å². The van der Waals surface area contributed by atoms with Gasteiger partial charge in [0.05, 0.1) is 12.2 Å². The molecule has 0 aliphatic carbocycles. The zero-order chi connectivity index (χ0) is 23.2. The first-order chi connectivity index (χ1) is 15.2. The molecule has 1 aromatic heterocycles. The average Bonchev–Trinajstić information content (AvgIpc) is 3.26. The zero-order valence-electron chi connectivity index (χ0n) is 19.1. The predicted octanol–water partition coefficient (Wildman–Crippen LogP) is 2.84. The Labute approximate surface area is 186 Å². The van der Waals surface area contributed by atoms with Gasteiger partial charge in [0.15, 0.2) is 0 Å². The van der Waals surface area contributed by atoms with Crippen LogP contribution in [-0.2, 0) is 11.3 Å². The highest BCUT2D eigenvalue weighted by atomic mass is 19.1. The second kappa shape index (κ2) is 8.29. The van der Waals surface area contributed by atoms with E-state index in [0.717, 1.165) is 35.4 Å². The number of urea groups is 1. The Balaban J connectivity index is 1.85. The molecular formula is C23H28FN6O2+. The molecule has 1 atom stereocenters. The van der Waals surface area contributed by atoms with E-state index in [2.05, 4.69) is 5.10 Å². The fourth-order valence-corrected chi connectivity index (χ4v) is 4.06. The molecule has 9 heteroatoms. The lowest BCUT2D eigenvalue weighted by Gasteiger charge is -2.34. The number of fused-ring (bicyclic) bond motifs is 1. The van der Waals surface area contributed by atoms with Gasteiger partial charge in [-0.25, -0.2) is 13.8 Å². The van der Waals surface area contributed by atoms with Gasteiger partial charge in [-0.1, -0.05) is 30.5 Å². The first-order valence-electron chi connectivity index (χ1n) is 10.8. The molecule has 8 nitrogen and oxygen atoms in total. The molecule has 0 spiro atoms. The summed E-state index contributed by atoms with van der Waals surface area (Å²) < 4.78 is 17.1. The molecule has 168 valence electrons. The average molecular weight is 440 g/mol. The highest BCUT2D eigenvalue weighted by Gasteiger charge is 2.53. The maximum Gasteiger partial charge on any atom is 0.421 e. The molecule has 0 bridgehead atoms. The highest BCUT2D eigenvalue weighted by Crippen LogP contribution is 2.24. The number of unbranched alkanes of at least 4 members (excludes halogenated alkanes) is 1. The third-order valence-electron chi connectivity index (χ3n) is 6.23. The van der Waals surface area contributed by atoms with Crippen molar-refractivity contribution in [2.75, 3.05) is 13.6 Å². The molecule has 1 fully saturated rings. The molecule has 32 heavy (non-hydrogen) atoms. The number of benzene rings is 1. The fourth-order valence-electron chi connectivity index (χ4n) is 4.06. The standard InChI is InChI=1S/C23H28FN6O2/c1-6-7-12-28-21(31)19-20(27(5)23(28)32)25-22(30-16(4)14(2)15(3)26-30)29(19)13-17-8-10-18(24)11-9-17/h8-11,19H,6-7,12-13H2,1-5H3/q+1. The van der Waals surface area contributed by atoms with Gasteiger partial charge in [0.2, 0.25) is 11.9 Å². The summed E-state index contributed by atoms with van der Waals surface area (Å²) in [6, 6.07) is 5.05. The largest absolute Gasteiger partial charge is 0.421 e. The monoisotopic (exact) mass is 439 g/mol. The minimum absolute atomic E-state index is 0.296. The van der Waals surface area contributed by atoms with Crippen LogP contribution in [0.1, 0.15) is 42.3 Å². The van der Waals surface area contributed by atoms with E-state index in [-0.39, 0.29) is 17.8 Å². The van der Waals surface area contributed by atoms with Crippen molar-refractivity contribution in [1.29, 1.82) is 0 Å². The summed E-state index contributed by atoms with van der Waals surface area (Å²) in [6.45, 7) is 8.56. The van der Waals surface area contributed by atoms with Gasteiger partial charge in [0, 0.05) is 19.2 Å². The predicted molar refractivity (Wildman–Crippen MR) is 118 cm³/mol. The Hall–Kier alpha value is -3.36. The van der Waals surface area contributed by atoms with Crippen molar-refractivity contribution in [3.63, 3.8) is 0 Å². The Morgan fingerprint density at radius 2 is 1.81 bits per heavy atom. The second-order valence-electron chi connectivity index (χ2n) is 8.32. The third kappa shape index (κ3) is 3.51. The molecule has 4 rings (SSSR count). The molecule has 2 aliphatic rings. The summed E-state index contributed by atoms with van der Waals surface area (Å²) in [7, 11) is 1.64. The number of imide groups is 1. The van der Waals surface area contributed by atoms with Crippen LogP contribution in [0.4, 0.5) is 9.18 Å². The molecule has 0 N–H and O–H groups in total. The number of carbonyl (C=O) groups excluding carboxylic acids is 2. The molecular weight excluding hydrogens is 411 g/mol. The minimum Gasteiger partial charge on any atom is -0.270 e. The summed E-state index contributed by atoms with van der Waals surface area (Å²) in [4.78, 5) is 33.9. The first kappa shape index (κ1) is 21.9. The van der Waals surface area contributed by atoms with E-state index in [4.69, 9.17) is 4.99 Å². The number of halogens is 1. The quantitative estimate of drug-likeness (QED) is 0.673. The summed E-state index contributed by atoms with van der Waals surface area (Å²) in [5.41, 5.74) is 3.64. The Bertz CT molecular complexity index is 1150. The molecule has 0 saturated carbocycles. The minimum atomic E-state index is -0.751. The van der Waals surface area contributed by atoms with E-state index in [1.54, 1.807) is 23.9 Å². The van der Waals surface area contributed by atoms with Crippen molar-refractivity contribution in [3.05, 3.63) is 52.6 Å². The van der Waals surface area contributed by atoms with Gasteiger partial charge in [-0.3, -0.25) is 14.6 Å². The molecule has 1 unspecified atom stereocenters. The maximum absolute atomic E-state index is 13.5. The van der Waals surface area contributed by atoms with Crippen LogP contribution >= 0.6 is 0 Å². The molecule has 0 radical (unpaired) electrons. The zero-order valence-corrected chi connectivity index (χ0v) is 19.1. The third-order valence-corrected chi connectivity index (χ3v) is 6.23. The van der Waals surface area contributed by atoms with Crippen molar-refractivity contribution in [2.24, 2.45) is 4.99 Å². The number of aliphatic imine (C=N–C) groups is 1. The lowest BCUT2D eigenvalue weighted by Crippen LogP contribution is -2.62. The van der Waals surface area contributed by atoms with Crippen LogP contribution in [0.3, 0.4) is 0 Å². The molecule has 1 saturated heterocycles. The second-order valence-corrected chi connectivity index (χ2v) is 8.32. The van der Waals surface area contributed by atoms with Gasteiger partial charge in [0.25, 0.3) is 5.91 Å². The van der Waals surface area contributed by atoms with E-state index < -0.39 is 6.04 Å². The van der Waals surface area contributed by atoms with E-state index in [1.807, 2.05) is 32.3 Å². The van der Waals surface area contributed by atoms with Crippen LogP contribution < -0.4 is 0 Å². The van der Waals surface area contributed by atoms with Crippen LogP contribution in [0.25, 0.3) is 0 Å². The Morgan fingerprint density at radius 3 is 2.41 bits per heavy atom. The normalized spacial score (nSPS) is 18.6. The molecule has 2 aromatic rings. The van der Waals surface area contributed by atoms with Gasteiger partial charge >= 0.3 is 12.0 Å². The number of carbonyl (C=O) groups is 2. The molecule has 2 aliphatic heterocycles. The first-order valence-corrected chi connectivity index (χ1v) is 10.8. The summed E-state index contributed by atoms with van der Waals surface area (Å²) >= 11 is 0. The Kier molecular flexibility index (Phi) is 5.66. The van der Waals surface area contributed by atoms with Gasteiger partial charge in [0.1, 0.15) is 11.5 Å². The van der Waals surface area contributed by atoms with Crippen molar-refractivity contribution >= 4 is 23.7 Å². The van der Waals surface area contributed by atoms with Crippen LogP contribution in [0, 0.1) is 26.6 Å². The number of nitrogens with zero attached hydrogens (tertiary/aromatic N) is 6. The van der Waals surface area contributed by atoms with Crippen LogP contribution in [-0.4, -0.2) is 67.5 Å². The van der Waals surface area contributed by atoms with Crippen molar-refractivity contribution < 1.29 is 18.6 Å². The summed E-state index contributed by atoms with van der Waals surface area (Å²) in [6.07, 6.45) is 1.60. The SMILES string of the molecule is CCCCN1C(=O)C2C(=NC(n3nc(C)c(C)c3C)=[N+]2Cc2ccc(F)cc2)N(C)C1=O. The van der Waals surface area contributed by atoms with Gasteiger partial charge in [-0.2, -0.15) is 0 Å². The molecule has 1 aromatic carbocycles. The molecule has 3 amide bonds. The Morgan fingerprint density at radius 1 is 1.12 bits per heavy atom. The maximum atomic E-state index is 13.5. The number of likely N-dealkylation sites (N-methyl/N-ethyl adjacent to an activating group) is 1. The van der Waals surface area contributed by atoms with E-state index in [0.29, 0.717) is 24.9 Å². The highest BCUT2D eigenvalue weighted by molar-refractivity contribution is 6.23. The number of amides is 3. The topological polar surface area (TPSA) is 73.8 Å².